The predicted molar refractivity (Wildman–Crippen MR) is 119 cm³/mol. The van der Waals surface area contributed by atoms with Gasteiger partial charge in [0.25, 0.3) is 0 Å². The molecule has 3 nitrogen and oxygen atoms in total. The Morgan fingerprint density at radius 2 is 1.66 bits per heavy atom. The molecule has 1 aliphatic carbocycles. The van der Waals surface area contributed by atoms with E-state index in [2.05, 4.69) is 58.9 Å². The highest BCUT2D eigenvalue weighted by atomic mass is 16.4. The predicted octanol–water partition coefficient (Wildman–Crippen LogP) is 5.83. The van der Waals surface area contributed by atoms with Gasteiger partial charge in [-0.15, -0.1) is 0 Å². The Morgan fingerprint density at radius 1 is 1.00 bits per heavy atom. The smallest absolute Gasteiger partial charge is 0.335 e. The summed E-state index contributed by atoms with van der Waals surface area (Å²) in [5.41, 5.74) is 7.45. The van der Waals surface area contributed by atoms with Crippen molar-refractivity contribution < 1.29 is 15.0 Å². The first kappa shape index (κ1) is 21.3. The molecule has 3 rings (SSSR count). The minimum absolute atomic E-state index is 0.0673. The monoisotopic (exact) mass is 392 g/mol. The standard InChI is InChI=1S/C26H32O3/c1-17(14-18-6-8-21(24(28)29)20(15-18)10-13-27)19-7-9-22-23(16-19)26(4,5)12-11-25(22,2)3/h6-9,14-16,27H,10-13H2,1-5H3,(H,28,29)/b17-14+. The van der Waals surface area contributed by atoms with Crippen molar-refractivity contribution in [2.75, 3.05) is 6.61 Å². The average Bonchev–Trinajstić information content (AvgIpc) is 2.65. The second-order valence-electron chi connectivity index (χ2n) is 9.55. The van der Waals surface area contributed by atoms with Gasteiger partial charge in [-0.25, -0.2) is 4.79 Å². The second kappa shape index (κ2) is 7.79. The fraction of sp³-hybridized carbons (Fsp3) is 0.423. The van der Waals surface area contributed by atoms with Gasteiger partial charge in [0.2, 0.25) is 0 Å². The molecule has 0 saturated carbocycles. The normalized spacial score (nSPS) is 17.7. The molecular formula is C26H32O3. The maximum absolute atomic E-state index is 11.4. The summed E-state index contributed by atoms with van der Waals surface area (Å²) in [4.78, 5) is 11.4. The Balaban J connectivity index is 2.01. The van der Waals surface area contributed by atoms with Gasteiger partial charge in [-0.1, -0.05) is 64.1 Å². The number of hydrogen-bond donors (Lipinski definition) is 2. The molecule has 0 radical (unpaired) electrons. The van der Waals surface area contributed by atoms with E-state index in [1.807, 2.05) is 12.1 Å². The van der Waals surface area contributed by atoms with Crippen LogP contribution < -0.4 is 0 Å². The van der Waals surface area contributed by atoms with E-state index in [4.69, 9.17) is 0 Å². The summed E-state index contributed by atoms with van der Waals surface area (Å²) < 4.78 is 0. The summed E-state index contributed by atoms with van der Waals surface area (Å²) in [5.74, 6) is -0.958. The van der Waals surface area contributed by atoms with Crippen LogP contribution in [0.5, 0.6) is 0 Å². The van der Waals surface area contributed by atoms with Crippen LogP contribution in [0.25, 0.3) is 11.6 Å². The summed E-state index contributed by atoms with van der Waals surface area (Å²) in [6.45, 7) is 11.3. The number of benzene rings is 2. The molecule has 3 heteroatoms. The van der Waals surface area contributed by atoms with Crippen molar-refractivity contribution in [3.05, 3.63) is 69.8 Å². The number of hydrogen-bond acceptors (Lipinski definition) is 2. The van der Waals surface area contributed by atoms with Gasteiger partial charge in [0.05, 0.1) is 5.56 Å². The molecule has 0 amide bonds. The molecule has 0 bridgehead atoms. The van der Waals surface area contributed by atoms with Crippen molar-refractivity contribution in [1.82, 2.24) is 0 Å². The third-order valence-corrected chi connectivity index (χ3v) is 6.43. The highest BCUT2D eigenvalue weighted by molar-refractivity contribution is 5.90. The number of carboxylic acid groups (broad SMARTS) is 1. The van der Waals surface area contributed by atoms with E-state index in [9.17, 15) is 15.0 Å². The van der Waals surface area contributed by atoms with E-state index in [0.717, 1.165) is 11.1 Å². The summed E-state index contributed by atoms with van der Waals surface area (Å²) in [7, 11) is 0. The lowest BCUT2D eigenvalue weighted by Gasteiger charge is -2.42. The number of aliphatic hydroxyl groups excluding tert-OH is 1. The summed E-state index contributed by atoms with van der Waals surface area (Å²) >= 11 is 0. The molecular weight excluding hydrogens is 360 g/mol. The molecule has 0 saturated heterocycles. The first-order chi connectivity index (χ1) is 13.5. The van der Waals surface area contributed by atoms with Crippen LogP contribution >= 0.6 is 0 Å². The Morgan fingerprint density at radius 3 is 2.28 bits per heavy atom. The minimum Gasteiger partial charge on any atom is -0.478 e. The number of carboxylic acids is 1. The highest BCUT2D eigenvalue weighted by Crippen LogP contribution is 2.46. The molecule has 1 aliphatic rings. The number of carbonyl (C=O) groups is 1. The maximum atomic E-state index is 11.4. The van der Waals surface area contributed by atoms with Crippen LogP contribution in [-0.4, -0.2) is 22.8 Å². The summed E-state index contributed by atoms with van der Waals surface area (Å²) in [6.07, 6.45) is 4.81. The molecule has 0 fully saturated rings. The van der Waals surface area contributed by atoms with Gasteiger partial charge in [0.1, 0.15) is 0 Å². The molecule has 0 spiro atoms. The van der Waals surface area contributed by atoms with Crippen LogP contribution in [-0.2, 0) is 17.3 Å². The van der Waals surface area contributed by atoms with E-state index < -0.39 is 5.97 Å². The van der Waals surface area contributed by atoms with Gasteiger partial charge in [-0.2, -0.15) is 0 Å². The van der Waals surface area contributed by atoms with Gasteiger partial charge in [-0.3, -0.25) is 0 Å². The van der Waals surface area contributed by atoms with Gasteiger partial charge in [0, 0.05) is 6.61 Å². The lowest BCUT2D eigenvalue weighted by Crippen LogP contribution is -2.33. The molecule has 0 unspecified atom stereocenters. The topological polar surface area (TPSA) is 57.5 Å². The molecule has 2 N–H and O–H groups in total. The van der Waals surface area contributed by atoms with Crippen molar-refractivity contribution in [2.24, 2.45) is 0 Å². The van der Waals surface area contributed by atoms with Crippen LogP contribution in [0.15, 0.2) is 36.4 Å². The molecule has 154 valence electrons. The SMILES string of the molecule is C/C(=C\c1ccc(C(=O)O)c(CCO)c1)c1ccc2c(c1)C(C)(C)CCC2(C)C. The average molecular weight is 393 g/mol. The minimum atomic E-state index is -0.958. The van der Waals surface area contributed by atoms with Crippen molar-refractivity contribution in [3.8, 4) is 0 Å². The maximum Gasteiger partial charge on any atom is 0.335 e. The lowest BCUT2D eigenvalue weighted by molar-refractivity contribution is 0.0695. The first-order valence-electron chi connectivity index (χ1n) is 10.4. The number of aromatic carboxylic acids is 1. The molecule has 2 aromatic rings. The number of aliphatic hydroxyl groups is 1. The molecule has 0 atom stereocenters. The fourth-order valence-electron chi connectivity index (χ4n) is 4.41. The first-order valence-corrected chi connectivity index (χ1v) is 10.4. The zero-order valence-electron chi connectivity index (χ0n) is 18.2. The van der Waals surface area contributed by atoms with Gasteiger partial charge < -0.3 is 10.2 Å². The van der Waals surface area contributed by atoms with Crippen molar-refractivity contribution in [3.63, 3.8) is 0 Å². The van der Waals surface area contributed by atoms with Gasteiger partial charge in [-0.05, 0) is 76.5 Å². The Bertz CT molecular complexity index is 964. The zero-order chi connectivity index (χ0) is 21.4. The molecule has 2 aromatic carbocycles. The lowest BCUT2D eigenvalue weighted by atomic mass is 9.63. The highest BCUT2D eigenvalue weighted by Gasteiger charge is 2.36. The third kappa shape index (κ3) is 4.30. The van der Waals surface area contributed by atoms with Crippen molar-refractivity contribution >= 4 is 17.6 Å². The van der Waals surface area contributed by atoms with Crippen LogP contribution in [0.4, 0.5) is 0 Å². The number of fused-ring (bicyclic) bond motifs is 1. The second-order valence-corrected chi connectivity index (χ2v) is 9.55. The third-order valence-electron chi connectivity index (χ3n) is 6.43. The van der Waals surface area contributed by atoms with Gasteiger partial charge in [0.15, 0.2) is 0 Å². The Labute approximate surface area is 174 Å². The van der Waals surface area contributed by atoms with E-state index in [1.54, 1.807) is 6.07 Å². The Kier molecular flexibility index (Phi) is 5.73. The number of rotatable bonds is 5. The van der Waals surface area contributed by atoms with Crippen LogP contribution in [0.3, 0.4) is 0 Å². The van der Waals surface area contributed by atoms with Crippen molar-refractivity contribution in [2.45, 2.75) is 64.7 Å². The van der Waals surface area contributed by atoms with Crippen LogP contribution in [0.2, 0.25) is 0 Å². The molecule has 0 aliphatic heterocycles. The van der Waals surface area contributed by atoms with Crippen molar-refractivity contribution in [1.29, 1.82) is 0 Å². The van der Waals surface area contributed by atoms with E-state index in [0.29, 0.717) is 12.0 Å². The van der Waals surface area contributed by atoms with Crippen LogP contribution in [0, 0.1) is 0 Å². The fourth-order valence-corrected chi connectivity index (χ4v) is 4.41. The molecule has 29 heavy (non-hydrogen) atoms. The zero-order valence-corrected chi connectivity index (χ0v) is 18.2. The quantitative estimate of drug-likeness (QED) is 0.630. The summed E-state index contributed by atoms with van der Waals surface area (Å²) in [5, 5.41) is 18.6. The largest absolute Gasteiger partial charge is 0.478 e. The number of allylic oxidation sites excluding steroid dienone is 1. The summed E-state index contributed by atoms with van der Waals surface area (Å²) in [6, 6.07) is 12.2. The Hall–Kier alpha value is -2.39. The van der Waals surface area contributed by atoms with E-state index in [-0.39, 0.29) is 23.0 Å². The molecule has 0 heterocycles. The molecule has 0 aromatic heterocycles. The van der Waals surface area contributed by atoms with E-state index >= 15 is 0 Å². The van der Waals surface area contributed by atoms with E-state index in [1.165, 1.54) is 29.5 Å². The van der Waals surface area contributed by atoms with Gasteiger partial charge >= 0.3 is 5.97 Å². The van der Waals surface area contributed by atoms with Crippen LogP contribution in [0.1, 0.15) is 85.6 Å².